The third-order valence-electron chi connectivity index (χ3n) is 4.22. The van der Waals surface area contributed by atoms with Gasteiger partial charge in [-0.25, -0.2) is 9.97 Å². The Hall–Kier alpha value is -4.00. The van der Waals surface area contributed by atoms with Crippen LogP contribution in [0.25, 0.3) is 11.5 Å². The van der Waals surface area contributed by atoms with Gasteiger partial charge in [0, 0.05) is 30.1 Å². The molecule has 1 aliphatic rings. The van der Waals surface area contributed by atoms with Gasteiger partial charge in [0.1, 0.15) is 41.7 Å². The second-order valence-corrected chi connectivity index (χ2v) is 6.25. The van der Waals surface area contributed by atoms with Crippen molar-refractivity contribution in [3.05, 3.63) is 48.8 Å². The number of fused-ring (bicyclic) bond motifs is 1. The van der Waals surface area contributed by atoms with Crippen LogP contribution < -0.4 is 10.6 Å². The quantitative estimate of drug-likeness (QED) is 0.555. The lowest BCUT2D eigenvalue weighted by atomic mass is 10.3. The highest BCUT2D eigenvalue weighted by atomic mass is 15.3. The highest BCUT2D eigenvalue weighted by Crippen LogP contribution is 2.28. The maximum absolute atomic E-state index is 9.33. The van der Waals surface area contributed by atoms with Crippen molar-refractivity contribution in [2.24, 2.45) is 0 Å². The van der Waals surface area contributed by atoms with Crippen LogP contribution in [0.1, 0.15) is 18.4 Å². The summed E-state index contributed by atoms with van der Waals surface area (Å²) < 4.78 is 3.38. The molecule has 10 heteroatoms. The Kier molecular flexibility index (Phi) is 3.43. The van der Waals surface area contributed by atoms with E-state index in [0.717, 1.165) is 24.3 Å². The molecule has 4 aromatic heterocycles. The van der Waals surface area contributed by atoms with E-state index in [0.29, 0.717) is 28.9 Å². The molecule has 27 heavy (non-hydrogen) atoms. The van der Waals surface area contributed by atoms with Gasteiger partial charge in [0.2, 0.25) is 0 Å². The summed E-state index contributed by atoms with van der Waals surface area (Å²) in [7, 11) is 0. The monoisotopic (exact) mass is 358 g/mol. The molecule has 10 nitrogen and oxygen atoms in total. The zero-order valence-electron chi connectivity index (χ0n) is 14.1. The first kappa shape index (κ1) is 15.3. The van der Waals surface area contributed by atoms with Crippen LogP contribution in [0.3, 0.4) is 0 Å². The first-order valence-corrected chi connectivity index (χ1v) is 8.43. The SMILES string of the molecule is N#Cc1cnn2c(NC3CC3)cc(Nc3ccnc(-n4cnnc4)c3)nc12. The van der Waals surface area contributed by atoms with Crippen molar-refractivity contribution in [3.8, 4) is 11.9 Å². The second kappa shape index (κ2) is 6.06. The minimum atomic E-state index is 0.428. The number of nitrogens with zero attached hydrogens (tertiary/aromatic N) is 8. The molecule has 4 aromatic rings. The Morgan fingerprint density at radius 2 is 2.04 bits per heavy atom. The number of pyridine rings is 1. The zero-order valence-corrected chi connectivity index (χ0v) is 14.1. The van der Waals surface area contributed by atoms with E-state index in [2.05, 4.69) is 42.0 Å². The number of nitrogens with one attached hydrogen (secondary N) is 2. The summed E-state index contributed by atoms with van der Waals surface area (Å²) in [6, 6.07) is 8.18. The van der Waals surface area contributed by atoms with Crippen molar-refractivity contribution < 1.29 is 0 Å². The summed E-state index contributed by atoms with van der Waals surface area (Å²) in [5.41, 5.74) is 1.75. The van der Waals surface area contributed by atoms with E-state index in [1.165, 1.54) is 6.20 Å². The summed E-state index contributed by atoms with van der Waals surface area (Å²) in [6.45, 7) is 0. The van der Waals surface area contributed by atoms with Crippen molar-refractivity contribution in [3.63, 3.8) is 0 Å². The molecule has 0 atom stereocenters. The summed E-state index contributed by atoms with van der Waals surface area (Å²) in [5, 5.41) is 27.9. The number of rotatable bonds is 5. The van der Waals surface area contributed by atoms with Crippen molar-refractivity contribution in [1.29, 1.82) is 5.26 Å². The van der Waals surface area contributed by atoms with Crippen molar-refractivity contribution in [1.82, 2.24) is 34.3 Å². The molecule has 1 fully saturated rings. The predicted octanol–water partition coefficient (Wildman–Crippen LogP) is 1.89. The summed E-state index contributed by atoms with van der Waals surface area (Å²) in [4.78, 5) is 8.87. The van der Waals surface area contributed by atoms with Gasteiger partial charge in [0.05, 0.1) is 6.20 Å². The van der Waals surface area contributed by atoms with Crippen LogP contribution in [0, 0.1) is 11.3 Å². The smallest absolute Gasteiger partial charge is 0.177 e. The minimum Gasteiger partial charge on any atom is -0.367 e. The molecule has 0 unspecified atom stereocenters. The van der Waals surface area contributed by atoms with Crippen LogP contribution >= 0.6 is 0 Å². The normalized spacial score (nSPS) is 13.4. The van der Waals surface area contributed by atoms with Crippen LogP contribution in [0.15, 0.2) is 43.2 Å². The van der Waals surface area contributed by atoms with Crippen LogP contribution in [0.5, 0.6) is 0 Å². The molecule has 132 valence electrons. The fraction of sp³-hybridized carbons (Fsp3) is 0.176. The average molecular weight is 358 g/mol. The highest BCUT2D eigenvalue weighted by molar-refractivity contribution is 5.67. The maximum Gasteiger partial charge on any atom is 0.177 e. The van der Waals surface area contributed by atoms with Gasteiger partial charge in [0.15, 0.2) is 5.65 Å². The molecule has 5 rings (SSSR count). The molecule has 2 N–H and O–H groups in total. The first-order valence-electron chi connectivity index (χ1n) is 8.43. The number of hydrogen-bond acceptors (Lipinski definition) is 8. The molecule has 0 aliphatic heterocycles. The third kappa shape index (κ3) is 2.91. The molecule has 0 bridgehead atoms. The van der Waals surface area contributed by atoms with Gasteiger partial charge >= 0.3 is 0 Å². The Morgan fingerprint density at radius 1 is 1.19 bits per heavy atom. The Balaban J connectivity index is 1.53. The first-order chi connectivity index (χ1) is 13.3. The summed E-state index contributed by atoms with van der Waals surface area (Å²) in [6.07, 6.45) is 8.65. The van der Waals surface area contributed by atoms with E-state index in [1.54, 1.807) is 27.9 Å². The van der Waals surface area contributed by atoms with Gasteiger partial charge in [-0.05, 0) is 18.9 Å². The van der Waals surface area contributed by atoms with Crippen LogP contribution in [-0.2, 0) is 0 Å². The molecular weight excluding hydrogens is 344 g/mol. The molecule has 0 aromatic carbocycles. The van der Waals surface area contributed by atoms with E-state index in [4.69, 9.17) is 0 Å². The van der Waals surface area contributed by atoms with Crippen LogP contribution in [0.2, 0.25) is 0 Å². The van der Waals surface area contributed by atoms with E-state index in [9.17, 15) is 5.26 Å². The number of aromatic nitrogens is 7. The predicted molar refractivity (Wildman–Crippen MR) is 96.8 cm³/mol. The average Bonchev–Trinajstić information content (AvgIpc) is 3.18. The van der Waals surface area contributed by atoms with Crippen LogP contribution in [-0.4, -0.2) is 40.4 Å². The van der Waals surface area contributed by atoms with Gasteiger partial charge in [-0.15, -0.1) is 10.2 Å². The third-order valence-corrected chi connectivity index (χ3v) is 4.22. The highest BCUT2D eigenvalue weighted by Gasteiger charge is 2.23. The van der Waals surface area contributed by atoms with Gasteiger partial charge in [0.25, 0.3) is 0 Å². The van der Waals surface area contributed by atoms with Gasteiger partial charge in [-0.2, -0.15) is 14.9 Å². The molecule has 0 saturated heterocycles. The fourth-order valence-corrected chi connectivity index (χ4v) is 2.75. The van der Waals surface area contributed by atoms with E-state index in [1.807, 2.05) is 18.2 Å². The zero-order chi connectivity index (χ0) is 18.2. The standard InChI is InChI=1S/C17H14N10/c18-7-11-8-22-27-16(24-12-1-2-12)6-14(25-17(11)27)23-13-3-4-19-15(5-13)26-9-20-21-10-26/h3-6,8-10,12,24H,1-2H2,(H,19,23,25). The van der Waals surface area contributed by atoms with E-state index in [-0.39, 0.29) is 0 Å². The molecule has 1 saturated carbocycles. The largest absolute Gasteiger partial charge is 0.367 e. The second-order valence-electron chi connectivity index (χ2n) is 6.25. The number of nitriles is 1. The molecule has 0 spiro atoms. The molecule has 0 radical (unpaired) electrons. The Bertz CT molecular complexity index is 1150. The van der Waals surface area contributed by atoms with Crippen molar-refractivity contribution in [2.75, 3.05) is 10.6 Å². The van der Waals surface area contributed by atoms with E-state index < -0.39 is 0 Å². The van der Waals surface area contributed by atoms with Crippen molar-refractivity contribution in [2.45, 2.75) is 18.9 Å². The topological polar surface area (TPSA) is 122 Å². The lowest BCUT2D eigenvalue weighted by Crippen LogP contribution is -2.09. The molecular formula is C17H14N10. The molecule has 4 heterocycles. The lowest BCUT2D eigenvalue weighted by molar-refractivity contribution is 0.926. The summed E-state index contributed by atoms with van der Waals surface area (Å²) >= 11 is 0. The van der Waals surface area contributed by atoms with Crippen molar-refractivity contribution >= 4 is 23.0 Å². The molecule has 1 aliphatic carbocycles. The van der Waals surface area contributed by atoms with E-state index >= 15 is 0 Å². The fourth-order valence-electron chi connectivity index (χ4n) is 2.75. The van der Waals surface area contributed by atoms with Gasteiger partial charge < -0.3 is 10.6 Å². The van der Waals surface area contributed by atoms with Gasteiger partial charge in [-0.3, -0.25) is 4.57 Å². The maximum atomic E-state index is 9.33. The molecule has 0 amide bonds. The Labute approximate surface area is 153 Å². The Morgan fingerprint density at radius 3 is 2.81 bits per heavy atom. The van der Waals surface area contributed by atoms with Crippen LogP contribution in [0.4, 0.5) is 17.3 Å². The summed E-state index contributed by atoms with van der Waals surface area (Å²) in [5.74, 6) is 2.10. The van der Waals surface area contributed by atoms with Gasteiger partial charge in [-0.1, -0.05) is 0 Å². The number of anilines is 3. The minimum absolute atomic E-state index is 0.428. The number of hydrogen-bond donors (Lipinski definition) is 2. The lowest BCUT2D eigenvalue weighted by Gasteiger charge is -2.12.